The molecule has 1 heterocycles. The van der Waals surface area contributed by atoms with Crippen molar-refractivity contribution < 1.29 is 4.79 Å². The molecule has 1 amide bonds. The third kappa shape index (κ3) is 5.17. The van der Waals surface area contributed by atoms with Crippen LogP contribution in [0.4, 0.5) is 0 Å². The number of hydrogen-bond acceptors (Lipinski definition) is 2. The van der Waals surface area contributed by atoms with Gasteiger partial charge in [-0.3, -0.25) is 4.79 Å². The van der Waals surface area contributed by atoms with Gasteiger partial charge in [0.1, 0.15) is 5.69 Å². The largest absolute Gasteiger partial charge is 0.350 e. The molecule has 0 aliphatic carbocycles. The number of carbonyl (C=O) groups excluding carboxylic acids is 1. The molecule has 0 radical (unpaired) electrons. The highest BCUT2D eigenvalue weighted by Crippen LogP contribution is 2.14. The number of amides is 1. The third-order valence-corrected chi connectivity index (χ3v) is 3.52. The second kappa shape index (κ2) is 7.11. The van der Waals surface area contributed by atoms with Gasteiger partial charge in [0.2, 0.25) is 0 Å². The van der Waals surface area contributed by atoms with Crippen molar-refractivity contribution in [1.29, 1.82) is 0 Å². The minimum atomic E-state index is -0.148. The molecule has 0 fully saturated rings. The van der Waals surface area contributed by atoms with Crippen molar-refractivity contribution in [3.8, 4) is 0 Å². The fourth-order valence-corrected chi connectivity index (χ4v) is 2.78. The lowest BCUT2D eigenvalue weighted by molar-refractivity contribution is 0.0947. The van der Waals surface area contributed by atoms with Gasteiger partial charge < -0.3 is 5.32 Å². The van der Waals surface area contributed by atoms with Crippen LogP contribution in [-0.2, 0) is 0 Å². The topological polar surface area (TPSA) is 42.0 Å². The zero-order valence-electron chi connectivity index (χ0n) is 9.91. The first-order valence-corrected chi connectivity index (χ1v) is 7.24. The molecule has 94 valence electrons. The van der Waals surface area contributed by atoms with E-state index in [4.69, 9.17) is 0 Å². The maximum absolute atomic E-state index is 11.8. The molecule has 1 aromatic rings. The smallest absolute Gasteiger partial charge is 0.271 e. The SMILES string of the molecule is CC(C)CC(Br)CNC(=O)c1ncccc1Br. The Kier molecular flexibility index (Phi) is 6.12. The standard InChI is InChI=1S/C12H16Br2N2O/c1-8(2)6-9(13)7-16-12(17)11-10(14)4-3-5-15-11/h3-5,8-9H,6-7H2,1-2H3,(H,16,17). The summed E-state index contributed by atoms with van der Waals surface area (Å²) in [5, 5.41) is 2.87. The van der Waals surface area contributed by atoms with Crippen molar-refractivity contribution in [3.05, 3.63) is 28.5 Å². The Morgan fingerprint density at radius 2 is 2.24 bits per heavy atom. The van der Waals surface area contributed by atoms with Gasteiger partial charge >= 0.3 is 0 Å². The molecule has 0 saturated carbocycles. The van der Waals surface area contributed by atoms with Crippen molar-refractivity contribution >= 4 is 37.8 Å². The van der Waals surface area contributed by atoms with Gasteiger partial charge in [-0.2, -0.15) is 0 Å². The zero-order valence-corrected chi connectivity index (χ0v) is 13.1. The van der Waals surface area contributed by atoms with Crippen LogP contribution in [-0.4, -0.2) is 22.3 Å². The van der Waals surface area contributed by atoms with E-state index in [1.165, 1.54) is 0 Å². The lowest BCUT2D eigenvalue weighted by Gasteiger charge is -2.13. The fraction of sp³-hybridized carbons (Fsp3) is 0.500. The fourth-order valence-electron chi connectivity index (χ4n) is 1.43. The highest BCUT2D eigenvalue weighted by Gasteiger charge is 2.13. The van der Waals surface area contributed by atoms with Gasteiger partial charge in [0.05, 0.1) is 0 Å². The molecule has 3 nitrogen and oxygen atoms in total. The number of halogens is 2. The molecule has 0 bridgehead atoms. The van der Waals surface area contributed by atoms with Crippen LogP contribution in [0.1, 0.15) is 30.8 Å². The lowest BCUT2D eigenvalue weighted by atomic mass is 10.1. The summed E-state index contributed by atoms with van der Waals surface area (Å²) in [6, 6.07) is 3.59. The normalized spacial score (nSPS) is 12.5. The van der Waals surface area contributed by atoms with Crippen LogP contribution in [0.3, 0.4) is 0 Å². The summed E-state index contributed by atoms with van der Waals surface area (Å²) in [5.74, 6) is 0.462. The Bertz CT molecular complexity index is 383. The number of carbonyl (C=O) groups is 1. The summed E-state index contributed by atoms with van der Waals surface area (Å²) < 4.78 is 0.715. The number of rotatable bonds is 5. The van der Waals surface area contributed by atoms with Crippen molar-refractivity contribution in [3.63, 3.8) is 0 Å². The molecular weight excluding hydrogens is 348 g/mol. The average molecular weight is 364 g/mol. The summed E-state index contributed by atoms with van der Waals surface area (Å²) in [7, 11) is 0. The van der Waals surface area contributed by atoms with Crippen molar-refractivity contribution in [2.45, 2.75) is 25.1 Å². The monoisotopic (exact) mass is 362 g/mol. The van der Waals surface area contributed by atoms with E-state index in [0.717, 1.165) is 6.42 Å². The van der Waals surface area contributed by atoms with E-state index in [-0.39, 0.29) is 5.91 Å². The van der Waals surface area contributed by atoms with Crippen LogP contribution in [0.5, 0.6) is 0 Å². The molecule has 1 rings (SSSR count). The average Bonchev–Trinajstić information content (AvgIpc) is 2.25. The Labute approximate surface area is 119 Å². The highest BCUT2D eigenvalue weighted by molar-refractivity contribution is 9.10. The van der Waals surface area contributed by atoms with Crippen molar-refractivity contribution in [1.82, 2.24) is 10.3 Å². The summed E-state index contributed by atoms with van der Waals surface area (Å²) in [6.45, 7) is 4.93. The molecule has 0 spiro atoms. The second-order valence-corrected chi connectivity index (χ2v) is 6.42. The summed E-state index contributed by atoms with van der Waals surface area (Å²) in [4.78, 5) is 16.2. The summed E-state index contributed by atoms with van der Waals surface area (Å²) in [6.07, 6.45) is 2.64. The number of pyridine rings is 1. The Hall–Kier alpha value is -0.420. The van der Waals surface area contributed by atoms with Crippen LogP contribution in [0.25, 0.3) is 0 Å². The van der Waals surface area contributed by atoms with E-state index in [1.807, 2.05) is 6.07 Å². The van der Waals surface area contributed by atoms with E-state index in [2.05, 4.69) is 56.0 Å². The predicted octanol–water partition coefficient (Wildman–Crippen LogP) is 3.38. The lowest BCUT2D eigenvalue weighted by Crippen LogP contribution is -2.30. The van der Waals surface area contributed by atoms with Crippen molar-refractivity contribution in [2.75, 3.05) is 6.54 Å². The van der Waals surface area contributed by atoms with E-state index < -0.39 is 0 Å². The third-order valence-electron chi connectivity index (χ3n) is 2.18. The molecule has 1 aromatic heterocycles. The minimum absolute atomic E-state index is 0.148. The van der Waals surface area contributed by atoms with Crippen molar-refractivity contribution in [2.24, 2.45) is 5.92 Å². The molecule has 0 aliphatic heterocycles. The zero-order chi connectivity index (χ0) is 12.8. The van der Waals surface area contributed by atoms with Gasteiger partial charge in [-0.15, -0.1) is 0 Å². The minimum Gasteiger partial charge on any atom is -0.350 e. The van der Waals surface area contributed by atoms with E-state index in [9.17, 15) is 4.79 Å². The number of alkyl halides is 1. The molecule has 1 atom stereocenters. The first kappa shape index (κ1) is 14.6. The summed E-state index contributed by atoms with van der Waals surface area (Å²) in [5.41, 5.74) is 0.428. The van der Waals surface area contributed by atoms with Gasteiger partial charge in [0.25, 0.3) is 5.91 Å². The first-order valence-electron chi connectivity index (χ1n) is 5.53. The first-order chi connectivity index (χ1) is 8.00. The second-order valence-electron chi connectivity index (χ2n) is 4.27. The van der Waals surface area contributed by atoms with Gasteiger partial charge in [0, 0.05) is 22.0 Å². The molecular formula is C12H16Br2N2O. The van der Waals surface area contributed by atoms with Gasteiger partial charge in [-0.25, -0.2) is 4.98 Å². The van der Waals surface area contributed by atoms with E-state index in [1.54, 1.807) is 12.3 Å². The van der Waals surface area contributed by atoms with Gasteiger partial charge in [-0.05, 0) is 40.4 Å². The molecule has 0 aliphatic rings. The highest BCUT2D eigenvalue weighted by atomic mass is 79.9. The number of hydrogen-bond donors (Lipinski definition) is 1. The van der Waals surface area contributed by atoms with Crippen LogP contribution < -0.4 is 5.32 Å². The maximum Gasteiger partial charge on any atom is 0.271 e. The number of nitrogens with one attached hydrogen (secondary N) is 1. The maximum atomic E-state index is 11.8. The van der Waals surface area contributed by atoms with Crippen LogP contribution in [0.2, 0.25) is 0 Å². The molecule has 5 heteroatoms. The number of nitrogens with zero attached hydrogens (tertiary/aromatic N) is 1. The number of aromatic nitrogens is 1. The van der Waals surface area contributed by atoms with E-state index >= 15 is 0 Å². The molecule has 1 unspecified atom stereocenters. The molecule has 17 heavy (non-hydrogen) atoms. The van der Waals surface area contributed by atoms with E-state index in [0.29, 0.717) is 27.5 Å². The quantitative estimate of drug-likeness (QED) is 0.814. The summed E-state index contributed by atoms with van der Waals surface area (Å²) >= 11 is 6.86. The van der Waals surface area contributed by atoms with Crippen LogP contribution >= 0.6 is 31.9 Å². The molecule has 0 aromatic carbocycles. The predicted molar refractivity (Wildman–Crippen MR) is 76.4 cm³/mol. The Balaban J connectivity index is 2.48. The Morgan fingerprint density at radius 1 is 1.53 bits per heavy atom. The van der Waals surface area contributed by atoms with Crippen LogP contribution in [0, 0.1) is 5.92 Å². The van der Waals surface area contributed by atoms with Crippen LogP contribution in [0.15, 0.2) is 22.8 Å². The van der Waals surface area contributed by atoms with Gasteiger partial charge in [-0.1, -0.05) is 29.8 Å². The Morgan fingerprint density at radius 3 is 2.82 bits per heavy atom. The molecule has 1 N–H and O–H groups in total. The van der Waals surface area contributed by atoms with Gasteiger partial charge in [0.15, 0.2) is 0 Å². The molecule has 0 saturated heterocycles.